The number of fused-ring (bicyclic) bond motifs is 3. The van der Waals surface area contributed by atoms with Crippen molar-refractivity contribution in [3.8, 4) is 0 Å². The van der Waals surface area contributed by atoms with Crippen molar-refractivity contribution in [1.82, 2.24) is 0 Å². The molecule has 0 spiro atoms. The van der Waals surface area contributed by atoms with Gasteiger partial charge in [0.1, 0.15) is 5.00 Å². The number of amides is 1. The van der Waals surface area contributed by atoms with Gasteiger partial charge in [-0.1, -0.05) is 12.2 Å². The Morgan fingerprint density at radius 1 is 1.19 bits per heavy atom. The third-order valence-electron chi connectivity index (χ3n) is 5.97. The molecule has 1 fully saturated rings. The fraction of sp³-hybridized carbons (Fsp3) is 0.550. The molecule has 2 N–H and O–H groups in total. The van der Waals surface area contributed by atoms with E-state index >= 15 is 0 Å². The van der Waals surface area contributed by atoms with Gasteiger partial charge in [-0.2, -0.15) is 0 Å². The van der Waals surface area contributed by atoms with Crippen LogP contribution < -0.4 is 5.32 Å². The van der Waals surface area contributed by atoms with Gasteiger partial charge in [-0.25, -0.2) is 4.79 Å². The molecule has 0 unspecified atom stereocenters. The van der Waals surface area contributed by atoms with Gasteiger partial charge < -0.3 is 15.2 Å². The van der Waals surface area contributed by atoms with Crippen molar-refractivity contribution in [3.63, 3.8) is 0 Å². The fourth-order valence-electron chi connectivity index (χ4n) is 4.79. The summed E-state index contributed by atoms with van der Waals surface area (Å²) in [5.41, 5.74) is 1.44. The smallest absolute Gasteiger partial charge is 0.341 e. The van der Waals surface area contributed by atoms with Crippen LogP contribution in [0.4, 0.5) is 5.00 Å². The van der Waals surface area contributed by atoms with Crippen LogP contribution in [-0.2, 0) is 27.2 Å². The summed E-state index contributed by atoms with van der Waals surface area (Å²) in [6.45, 7) is 2.03. The van der Waals surface area contributed by atoms with Crippen molar-refractivity contribution in [3.05, 3.63) is 28.2 Å². The molecule has 1 saturated carbocycles. The summed E-state index contributed by atoms with van der Waals surface area (Å²) in [6.07, 6.45) is 8.28. The minimum absolute atomic E-state index is 0.0612. The van der Waals surface area contributed by atoms with Crippen molar-refractivity contribution in [1.29, 1.82) is 0 Å². The number of hydrogen-bond donors (Lipinski definition) is 2. The number of carboxylic acid groups (broad SMARTS) is 1. The van der Waals surface area contributed by atoms with Crippen LogP contribution in [0.25, 0.3) is 0 Å². The van der Waals surface area contributed by atoms with E-state index in [1.165, 1.54) is 11.3 Å². The number of ether oxygens (including phenoxy) is 1. The third kappa shape index (κ3) is 3.08. The molecule has 4 aliphatic rings. The lowest BCUT2D eigenvalue weighted by Gasteiger charge is -2.41. The molecule has 27 heavy (non-hydrogen) atoms. The molecule has 144 valence electrons. The molecule has 4 atom stereocenters. The summed E-state index contributed by atoms with van der Waals surface area (Å²) in [7, 11) is 0. The summed E-state index contributed by atoms with van der Waals surface area (Å²) in [5.74, 6) is -3.09. The van der Waals surface area contributed by atoms with Gasteiger partial charge in [-0.3, -0.25) is 9.59 Å². The molecule has 5 rings (SSSR count). The van der Waals surface area contributed by atoms with Crippen LogP contribution in [0.3, 0.4) is 0 Å². The number of rotatable bonds is 5. The molecule has 0 aliphatic heterocycles. The van der Waals surface area contributed by atoms with Crippen LogP contribution in [0.2, 0.25) is 0 Å². The predicted molar refractivity (Wildman–Crippen MR) is 101 cm³/mol. The summed E-state index contributed by atoms with van der Waals surface area (Å²) in [5, 5.41) is 13.1. The first-order chi connectivity index (χ1) is 13.0. The van der Waals surface area contributed by atoms with E-state index in [9.17, 15) is 19.5 Å². The van der Waals surface area contributed by atoms with Crippen molar-refractivity contribution in [2.24, 2.45) is 23.7 Å². The first-order valence-corrected chi connectivity index (χ1v) is 10.4. The van der Waals surface area contributed by atoms with E-state index < -0.39 is 23.8 Å². The molecule has 7 heteroatoms. The van der Waals surface area contributed by atoms with Crippen molar-refractivity contribution >= 4 is 34.2 Å². The highest BCUT2D eigenvalue weighted by atomic mass is 32.1. The van der Waals surface area contributed by atoms with Gasteiger partial charge in [0.15, 0.2) is 0 Å². The molecule has 6 nitrogen and oxygen atoms in total. The Bertz CT molecular complexity index is 827. The second kappa shape index (κ2) is 7.11. The molecule has 4 aliphatic carbocycles. The molecular formula is C20H23NO5S. The minimum atomic E-state index is -0.923. The second-order valence-corrected chi connectivity index (χ2v) is 8.56. The quantitative estimate of drug-likeness (QED) is 0.596. The average Bonchev–Trinajstić information content (AvgIpc) is 3.22. The zero-order chi connectivity index (χ0) is 19.1. The summed E-state index contributed by atoms with van der Waals surface area (Å²) in [4.78, 5) is 38.5. The van der Waals surface area contributed by atoms with Crippen LogP contribution in [0.5, 0.6) is 0 Å². The summed E-state index contributed by atoms with van der Waals surface area (Å²) < 4.78 is 5.20. The van der Waals surface area contributed by atoms with E-state index in [0.717, 1.165) is 42.5 Å². The molecule has 1 aromatic heterocycles. The topological polar surface area (TPSA) is 92.7 Å². The first kappa shape index (κ1) is 18.2. The number of allylic oxidation sites excluding steroid dienone is 2. The van der Waals surface area contributed by atoms with Gasteiger partial charge in [0, 0.05) is 4.88 Å². The number of esters is 1. The fourth-order valence-corrected chi connectivity index (χ4v) is 6.08. The van der Waals surface area contributed by atoms with E-state index in [1.807, 2.05) is 12.2 Å². The molecule has 0 saturated heterocycles. The number of carboxylic acids is 1. The highest BCUT2D eigenvalue weighted by Crippen LogP contribution is 2.46. The predicted octanol–water partition coefficient (Wildman–Crippen LogP) is 3.27. The Morgan fingerprint density at radius 2 is 1.89 bits per heavy atom. The van der Waals surface area contributed by atoms with Gasteiger partial charge in [-0.05, 0) is 56.4 Å². The van der Waals surface area contributed by atoms with Crippen LogP contribution in [0.1, 0.15) is 47.0 Å². The number of carbonyl (C=O) groups excluding carboxylic acids is 2. The maximum Gasteiger partial charge on any atom is 0.341 e. The van der Waals surface area contributed by atoms with Gasteiger partial charge in [0.2, 0.25) is 5.91 Å². The Hall–Kier alpha value is -2.15. The number of carbonyl (C=O) groups is 3. The summed E-state index contributed by atoms with van der Waals surface area (Å²) in [6, 6.07) is 0. The zero-order valence-corrected chi connectivity index (χ0v) is 16.0. The van der Waals surface area contributed by atoms with Crippen LogP contribution >= 0.6 is 11.3 Å². The van der Waals surface area contributed by atoms with Gasteiger partial charge in [-0.15, -0.1) is 11.3 Å². The number of aryl methyl sites for hydroxylation is 1. The Labute approximate surface area is 161 Å². The molecule has 2 bridgehead atoms. The normalized spacial score (nSPS) is 28.0. The van der Waals surface area contributed by atoms with E-state index in [-0.39, 0.29) is 24.3 Å². The SMILES string of the molecule is CCOC(=O)c1c(NC(=O)[C@@H]2[C@@H](C(=O)O)[C@H]3C=C[C@H]2CC3)sc2c1CCC2. The lowest BCUT2D eigenvalue weighted by molar-refractivity contribution is -0.151. The van der Waals surface area contributed by atoms with Crippen LogP contribution in [0.15, 0.2) is 12.2 Å². The molecule has 1 aromatic rings. The average molecular weight is 389 g/mol. The Morgan fingerprint density at radius 3 is 2.52 bits per heavy atom. The number of hydrogen-bond acceptors (Lipinski definition) is 5. The molecular weight excluding hydrogens is 366 g/mol. The number of anilines is 1. The molecule has 0 aromatic carbocycles. The summed E-state index contributed by atoms with van der Waals surface area (Å²) >= 11 is 1.43. The van der Waals surface area contributed by atoms with Gasteiger partial charge in [0.05, 0.1) is 24.0 Å². The standard InChI is InChI=1S/C20H23NO5S/c1-2-26-20(25)16-12-4-3-5-13(12)27-18(16)21-17(22)14-10-6-8-11(9-7-10)15(14)19(23)24/h6,8,10-11,14-15H,2-5,7,9H2,1H3,(H,21,22)(H,23,24)/t10-,11-,14-,15-/m0/s1. The number of nitrogens with one attached hydrogen (secondary N) is 1. The van der Waals surface area contributed by atoms with E-state index in [0.29, 0.717) is 10.6 Å². The largest absolute Gasteiger partial charge is 0.481 e. The van der Waals surface area contributed by atoms with E-state index in [4.69, 9.17) is 4.74 Å². The van der Waals surface area contributed by atoms with E-state index in [1.54, 1.807) is 6.92 Å². The van der Waals surface area contributed by atoms with Gasteiger partial charge in [0.25, 0.3) is 0 Å². The molecule has 1 amide bonds. The number of thiophene rings is 1. The third-order valence-corrected chi connectivity index (χ3v) is 7.18. The van der Waals surface area contributed by atoms with Crippen LogP contribution in [-0.4, -0.2) is 29.6 Å². The first-order valence-electron chi connectivity index (χ1n) is 9.55. The van der Waals surface area contributed by atoms with E-state index in [2.05, 4.69) is 5.32 Å². The highest BCUT2D eigenvalue weighted by molar-refractivity contribution is 7.17. The van der Waals surface area contributed by atoms with Crippen molar-refractivity contribution < 1.29 is 24.2 Å². The lowest BCUT2D eigenvalue weighted by Crippen LogP contribution is -2.47. The Balaban J connectivity index is 1.63. The zero-order valence-electron chi connectivity index (χ0n) is 15.2. The molecule has 0 radical (unpaired) electrons. The van der Waals surface area contributed by atoms with Gasteiger partial charge >= 0.3 is 11.9 Å². The van der Waals surface area contributed by atoms with Crippen LogP contribution in [0, 0.1) is 23.7 Å². The monoisotopic (exact) mass is 389 g/mol. The lowest BCUT2D eigenvalue weighted by atomic mass is 9.62. The highest BCUT2D eigenvalue weighted by Gasteiger charge is 2.48. The maximum atomic E-state index is 13.1. The number of aliphatic carboxylic acids is 1. The van der Waals surface area contributed by atoms with Crippen molar-refractivity contribution in [2.45, 2.75) is 39.0 Å². The maximum absolute atomic E-state index is 13.1. The minimum Gasteiger partial charge on any atom is -0.481 e. The molecule has 1 heterocycles. The van der Waals surface area contributed by atoms with Crippen molar-refractivity contribution in [2.75, 3.05) is 11.9 Å². The second-order valence-electron chi connectivity index (χ2n) is 7.45. The Kier molecular flexibility index (Phi) is 4.80.